The van der Waals surface area contributed by atoms with Crippen LogP contribution in [0.4, 0.5) is 5.69 Å². The number of nitrogens with one attached hydrogen (secondary N) is 2. The first-order chi connectivity index (χ1) is 13.6. The largest absolute Gasteiger partial charge is 0.455 e. The maximum absolute atomic E-state index is 12.7. The molecular formula is C21H14ClN3O3. The highest BCUT2D eigenvalue weighted by Gasteiger charge is 2.15. The third kappa shape index (κ3) is 3.72. The highest BCUT2D eigenvalue weighted by Crippen LogP contribution is 2.32. The molecule has 4 aromatic rings. The number of aromatic amines is 1. The number of amides is 1. The van der Waals surface area contributed by atoms with E-state index in [1.165, 1.54) is 0 Å². The molecule has 1 aromatic heterocycles. The molecule has 0 aliphatic heterocycles. The van der Waals surface area contributed by atoms with Gasteiger partial charge in [0.1, 0.15) is 5.75 Å². The summed E-state index contributed by atoms with van der Waals surface area (Å²) in [4.78, 5) is 31.6. The number of ether oxygens (including phenoxy) is 1. The molecule has 138 valence electrons. The van der Waals surface area contributed by atoms with Gasteiger partial charge in [0.25, 0.3) is 11.5 Å². The van der Waals surface area contributed by atoms with E-state index in [1.807, 2.05) is 18.2 Å². The highest BCUT2D eigenvalue weighted by molar-refractivity contribution is 6.31. The van der Waals surface area contributed by atoms with E-state index in [0.717, 1.165) is 0 Å². The molecule has 0 saturated heterocycles. The molecular weight excluding hydrogens is 378 g/mol. The summed E-state index contributed by atoms with van der Waals surface area (Å²) in [6.07, 6.45) is 0. The van der Waals surface area contributed by atoms with Gasteiger partial charge in [-0.2, -0.15) is 0 Å². The summed E-state index contributed by atoms with van der Waals surface area (Å²) in [5.41, 5.74) is 0.406. The van der Waals surface area contributed by atoms with Crippen LogP contribution in [-0.4, -0.2) is 15.9 Å². The van der Waals surface area contributed by atoms with Gasteiger partial charge in [0, 0.05) is 5.02 Å². The number of carbonyl (C=O) groups is 1. The third-order valence-corrected chi connectivity index (χ3v) is 4.22. The van der Waals surface area contributed by atoms with E-state index >= 15 is 0 Å². The number of aromatic nitrogens is 2. The molecule has 0 radical (unpaired) electrons. The van der Waals surface area contributed by atoms with E-state index in [4.69, 9.17) is 16.3 Å². The Morgan fingerprint density at radius 1 is 1.00 bits per heavy atom. The zero-order valence-electron chi connectivity index (χ0n) is 14.5. The van der Waals surface area contributed by atoms with Gasteiger partial charge in [0.05, 0.1) is 16.6 Å². The van der Waals surface area contributed by atoms with Gasteiger partial charge >= 0.3 is 0 Å². The number of halogens is 1. The summed E-state index contributed by atoms with van der Waals surface area (Å²) >= 11 is 6.07. The number of hydrogen-bond donors (Lipinski definition) is 2. The minimum absolute atomic E-state index is 0.102. The van der Waals surface area contributed by atoms with Gasteiger partial charge < -0.3 is 15.0 Å². The van der Waals surface area contributed by atoms with Crippen molar-refractivity contribution in [2.75, 3.05) is 5.32 Å². The smallest absolute Gasteiger partial charge is 0.291 e. The number of benzene rings is 3. The Morgan fingerprint density at radius 3 is 2.57 bits per heavy atom. The van der Waals surface area contributed by atoms with Crippen molar-refractivity contribution in [1.82, 2.24) is 9.97 Å². The monoisotopic (exact) mass is 391 g/mol. The van der Waals surface area contributed by atoms with Gasteiger partial charge in [-0.05, 0) is 42.5 Å². The number of H-pyrrole nitrogens is 1. The molecule has 28 heavy (non-hydrogen) atoms. The Labute approximate surface area is 164 Å². The summed E-state index contributed by atoms with van der Waals surface area (Å²) < 4.78 is 5.83. The van der Waals surface area contributed by atoms with Crippen molar-refractivity contribution in [2.24, 2.45) is 0 Å². The van der Waals surface area contributed by atoms with E-state index in [2.05, 4.69) is 15.3 Å². The number of fused-ring (bicyclic) bond motifs is 1. The Balaban J connectivity index is 1.66. The topological polar surface area (TPSA) is 84.1 Å². The van der Waals surface area contributed by atoms with E-state index in [0.29, 0.717) is 33.1 Å². The molecule has 4 rings (SSSR count). The number of anilines is 1. The molecule has 6 nitrogen and oxygen atoms in total. The summed E-state index contributed by atoms with van der Waals surface area (Å²) in [5.74, 6) is 0.335. The van der Waals surface area contributed by atoms with Crippen LogP contribution < -0.4 is 15.6 Å². The predicted octanol–water partition coefficient (Wildman–Crippen LogP) is 4.62. The van der Waals surface area contributed by atoms with Crippen LogP contribution >= 0.6 is 11.6 Å². The van der Waals surface area contributed by atoms with Gasteiger partial charge in [0.2, 0.25) is 0 Å². The summed E-state index contributed by atoms with van der Waals surface area (Å²) in [7, 11) is 0. The quantitative estimate of drug-likeness (QED) is 0.531. The van der Waals surface area contributed by atoms with Crippen molar-refractivity contribution in [3.05, 3.63) is 94.0 Å². The normalized spacial score (nSPS) is 10.6. The van der Waals surface area contributed by atoms with E-state index in [1.54, 1.807) is 54.6 Å². The molecule has 0 aliphatic rings. The second kappa shape index (κ2) is 7.54. The lowest BCUT2D eigenvalue weighted by atomic mass is 10.2. The summed E-state index contributed by atoms with van der Waals surface area (Å²) in [5, 5.41) is 3.54. The maximum atomic E-state index is 12.7. The van der Waals surface area contributed by atoms with Crippen LogP contribution in [0.1, 0.15) is 10.6 Å². The van der Waals surface area contributed by atoms with E-state index < -0.39 is 5.91 Å². The molecule has 0 spiro atoms. The molecule has 0 fully saturated rings. The molecule has 2 N–H and O–H groups in total. The lowest BCUT2D eigenvalue weighted by Gasteiger charge is -2.12. The summed E-state index contributed by atoms with van der Waals surface area (Å²) in [6.45, 7) is 0. The van der Waals surface area contributed by atoms with Crippen LogP contribution in [-0.2, 0) is 0 Å². The number of para-hydroxylation sites is 2. The second-order valence-electron chi connectivity index (χ2n) is 5.94. The Morgan fingerprint density at radius 2 is 1.75 bits per heavy atom. The zero-order valence-corrected chi connectivity index (χ0v) is 15.2. The van der Waals surface area contributed by atoms with Crippen molar-refractivity contribution in [2.45, 2.75) is 0 Å². The molecule has 0 saturated carbocycles. The first-order valence-electron chi connectivity index (χ1n) is 8.43. The minimum Gasteiger partial charge on any atom is -0.455 e. The van der Waals surface area contributed by atoms with Gasteiger partial charge in [-0.3, -0.25) is 9.59 Å². The van der Waals surface area contributed by atoms with Crippen LogP contribution in [0.25, 0.3) is 10.9 Å². The van der Waals surface area contributed by atoms with E-state index in [-0.39, 0.29) is 11.4 Å². The first-order valence-corrected chi connectivity index (χ1v) is 8.81. The molecule has 7 heteroatoms. The zero-order chi connectivity index (χ0) is 19.5. The van der Waals surface area contributed by atoms with Crippen molar-refractivity contribution in [3.8, 4) is 11.5 Å². The fourth-order valence-corrected chi connectivity index (χ4v) is 2.85. The minimum atomic E-state index is -0.581. The molecule has 0 bridgehead atoms. The van der Waals surface area contributed by atoms with Gasteiger partial charge in [0.15, 0.2) is 11.6 Å². The van der Waals surface area contributed by atoms with Crippen molar-refractivity contribution < 1.29 is 9.53 Å². The standard InChI is InChI=1S/C21H14ClN3O3/c22-13-10-11-18(28-14-6-2-1-3-7-14)17(12-13)24-21(27)19-23-16-9-5-4-8-15(16)20(26)25-19/h1-12H,(H,24,27)(H,23,25,26). The highest BCUT2D eigenvalue weighted by atomic mass is 35.5. The predicted molar refractivity (Wildman–Crippen MR) is 108 cm³/mol. The first kappa shape index (κ1) is 17.8. The average molecular weight is 392 g/mol. The van der Waals surface area contributed by atoms with Crippen LogP contribution in [0.15, 0.2) is 77.6 Å². The lowest BCUT2D eigenvalue weighted by molar-refractivity contribution is 0.101. The fraction of sp³-hybridized carbons (Fsp3) is 0. The Bertz CT molecular complexity index is 1220. The molecule has 1 amide bonds. The summed E-state index contributed by atoms with van der Waals surface area (Å²) in [6, 6.07) is 20.8. The van der Waals surface area contributed by atoms with Crippen LogP contribution in [0, 0.1) is 0 Å². The maximum Gasteiger partial charge on any atom is 0.291 e. The Kier molecular flexibility index (Phi) is 4.78. The van der Waals surface area contributed by atoms with E-state index in [9.17, 15) is 9.59 Å². The van der Waals surface area contributed by atoms with Crippen molar-refractivity contribution in [3.63, 3.8) is 0 Å². The molecule has 3 aromatic carbocycles. The fourth-order valence-electron chi connectivity index (χ4n) is 2.68. The van der Waals surface area contributed by atoms with Crippen molar-refractivity contribution >= 4 is 34.1 Å². The number of rotatable bonds is 4. The Hall–Kier alpha value is -3.64. The SMILES string of the molecule is O=C(Nc1cc(Cl)ccc1Oc1ccccc1)c1nc2ccccc2c(=O)[nH]1. The molecule has 0 unspecified atom stereocenters. The van der Waals surface area contributed by atoms with Crippen LogP contribution in [0.5, 0.6) is 11.5 Å². The number of carbonyl (C=O) groups excluding carboxylic acids is 1. The lowest BCUT2D eigenvalue weighted by Crippen LogP contribution is -2.21. The van der Waals surface area contributed by atoms with Crippen LogP contribution in [0.3, 0.4) is 0 Å². The second-order valence-corrected chi connectivity index (χ2v) is 6.38. The third-order valence-electron chi connectivity index (χ3n) is 3.99. The number of nitrogens with zero attached hydrogens (tertiary/aromatic N) is 1. The van der Waals surface area contributed by atoms with Gasteiger partial charge in [-0.1, -0.05) is 41.9 Å². The van der Waals surface area contributed by atoms with Gasteiger partial charge in [-0.25, -0.2) is 4.98 Å². The average Bonchev–Trinajstić information content (AvgIpc) is 2.71. The van der Waals surface area contributed by atoms with Crippen LogP contribution in [0.2, 0.25) is 5.02 Å². The van der Waals surface area contributed by atoms with Crippen molar-refractivity contribution in [1.29, 1.82) is 0 Å². The molecule has 1 heterocycles. The molecule has 0 aliphatic carbocycles. The molecule has 0 atom stereocenters. The number of hydrogen-bond acceptors (Lipinski definition) is 4. The van der Waals surface area contributed by atoms with Gasteiger partial charge in [-0.15, -0.1) is 0 Å².